The number of hydrogen-bond donors (Lipinski definition) is 0. The molecule has 0 aliphatic carbocycles. The first-order valence-electron chi connectivity index (χ1n) is 13.2. The third-order valence-electron chi connectivity index (χ3n) is 6.53. The molecule has 0 saturated carbocycles. The van der Waals surface area contributed by atoms with Crippen molar-refractivity contribution in [2.45, 2.75) is 20.0 Å². The summed E-state index contributed by atoms with van der Waals surface area (Å²) >= 11 is 1.01. The molecule has 5 rings (SSSR count). The number of carbonyl (C=O) groups excluding carboxylic acids is 3. The van der Waals surface area contributed by atoms with E-state index in [9.17, 15) is 19.5 Å². The Hall–Kier alpha value is -4.15. The molecule has 0 N–H and O–H groups in total. The molecule has 1 heterocycles. The van der Waals surface area contributed by atoms with Crippen molar-refractivity contribution in [2.75, 3.05) is 6.61 Å². The molecule has 5 aromatic rings. The Morgan fingerprint density at radius 2 is 1.42 bits per heavy atom. The number of fused-ring (bicyclic) bond motifs is 1. The Balaban J connectivity index is 0.00000423. The predicted octanol–water partition coefficient (Wildman–Crippen LogP) is 2.08. The quantitative estimate of drug-likeness (QED) is 0.0979. The van der Waals surface area contributed by atoms with Crippen LogP contribution in [0.3, 0.4) is 0 Å². The second-order valence-corrected chi connectivity index (χ2v) is 9.86. The molecule has 0 aliphatic rings. The number of rotatable bonds is 11. The number of aliphatic carboxylic acids is 1. The van der Waals surface area contributed by atoms with Gasteiger partial charge in [-0.2, -0.15) is 8.75 Å². The molecule has 8 nitrogen and oxygen atoms in total. The van der Waals surface area contributed by atoms with Crippen molar-refractivity contribution in [3.63, 3.8) is 0 Å². The van der Waals surface area contributed by atoms with Gasteiger partial charge < -0.3 is 19.4 Å². The van der Waals surface area contributed by atoms with E-state index in [4.69, 9.17) is 9.47 Å². The third kappa shape index (κ3) is 7.82. The number of ketones is 1. The van der Waals surface area contributed by atoms with Crippen molar-refractivity contribution in [1.29, 1.82) is 0 Å². The number of esters is 1. The fourth-order valence-corrected chi connectivity index (χ4v) is 4.95. The second kappa shape index (κ2) is 14.8. The van der Waals surface area contributed by atoms with Crippen molar-refractivity contribution in [3.8, 4) is 5.75 Å². The first-order valence-corrected chi connectivity index (χ1v) is 13.9. The summed E-state index contributed by atoms with van der Waals surface area (Å²) in [6.45, 7) is 2.33. The molecule has 1 aromatic heterocycles. The van der Waals surface area contributed by atoms with E-state index in [1.54, 1.807) is 73.7 Å². The molecule has 0 aliphatic heterocycles. The maximum atomic E-state index is 13.9. The number of Topliss-reactive ketones (excluding diaryl/α,β-unsaturated/α-hetero) is 1. The van der Waals surface area contributed by atoms with Crippen LogP contribution in [0.1, 0.15) is 44.3 Å². The van der Waals surface area contributed by atoms with Gasteiger partial charge in [0, 0.05) is 23.1 Å². The minimum atomic E-state index is -1.49. The van der Waals surface area contributed by atoms with E-state index in [0.717, 1.165) is 17.3 Å². The number of carboxylic acids is 1. The van der Waals surface area contributed by atoms with Gasteiger partial charge >= 0.3 is 35.5 Å². The summed E-state index contributed by atoms with van der Waals surface area (Å²) < 4.78 is 19.3. The molecule has 0 radical (unpaired) electrons. The molecule has 4 aromatic carbocycles. The van der Waals surface area contributed by atoms with Gasteiger partial charge in [0.1, 0.15) is 23.4 Å². The van der Waals surface area contributed by atoms with Crippen LogP contribution in [0.25, 0.3) is 16.6 Å². The van der Waals surface area contributed by atoms with Crippen LogP contribution in [0, 0.1) is 0 Å². The van der Waals surface area contributed by atoms with Crippen LogP contribution in [0.4, 0.5) is 0 Å². The summed E-state index contributed by atoms with van der Waals surface area (Å²) in [6.07, 6.45) is -0.0230. The molecule has 0 fully saturated rings. The largest absolute Gasteiger partial charge is 1.00 e. The van der Waals surface area contributed by atoms with Gasteiger partial charge in [-0.1, -0.05) is 48.5 Å². The predicted molar refractivity (Wildman–Crippen MR) is 157 cm³/mol. The maximum Gasteiger partial charge on any atom is 1.00 e. The van der Waals surface area contributed by atoms with E-state index in [1.807, 2.05) is 30.3 Å². The minimum Gasteiger partial charge on any atom is -0.545 e. The number of aromatic nitrogens is 2. The van der Waals surface area contributed by atoms with E-state index < -0.39 is 17.7 Å². The Kier molecular flexibility index (Phi) is 11.0. The summed E-state index contributed by atoms with van der Waals surface area (Å²) in [5.41, 5.74) is 3.47. The number of ether oxygens (including phenoxy) is 2. The zero-order valence-corrected chi connectivity index (χ0v) is 26.4. The van der Waals surface area contributed by atoms with Gasteiger partial charge in [-0.15, -0.1) is 0 Å². The van der Waals surface area contributed by atoms with Gasteiger partial charge in [-0.25, -0.2) is 4.79 Å². The van der Waals surface area contributed by atoms with E-state index >= 15 is 0 Å². The molecule has 0 saturated heterocycles. The second-order valence-electron chi connectivity index (χ2n) is 9.33. The minimum absolute atomic E-state index is 0. The summed E-state index contributed by atoms with van der Waals surface area (Å²) in [5, 5.41) is 12.6. The van der Waals surface area contributed by atoms with Crippen molar-refractivity contribution in [1.82, 2.24) is 8.75 Å². The first-order chi connectivity index (χ1) is 20.4. The summed E-state index contributed by atoms with van der Waals surface area (Å²) in [7, 11) is 0. The van der Waals surface area contributed by atoms with Crippen molar-refractivity contribution < 1.29 is 58.5 Å². The van der Waals surface area contributed by atoms with E-state index in [2.05, 4.69) is 8.75 Å². The van der Waals surface area contributed by atoms with Crippen LogP contribution in [0.5, 0.6) is 5.75 Å². The molecule has 210 valence electrons. The number of hydrogen-bond acceptors (Lipinski definition) is 9. The molecular weight excluding hydrogens is 575 g/mol. The van der Waals surface area contributed by atoms with Gasteiger partial charge in [-0.05, 0) is 72.1 Å². The third-order valence-corrected chi connectivity index (χ3v) is 7.09. The number of nitrogens with zero attached hydrogens (tertiary/aromatic N) is 2. The molecular formula is C33H25N2NaO6S. The van der Waals surface area contributed by atoms with Gasteiger partial charge in [0.2, 0.25) is 0 Å². The van der Waals surface area contributed by atoms with Crippen LogP contribution in [-0.4, -0.2) is 33.1 Å². The van der Waals surface area contributed by atoms with Gasteiger partial charge in [0.15, 0.2) is 5.78 Å². The zero-order valence-electron chi connectivity index (χ0n) is 23.6. The van der Waals surface area contributed by atoms with E-state index in [1.165, 1.54) is 0 Å². The topological polar surface area (TPSA) is 119 Å². The molecule has 10 heteroatoms. The monoisotopic (exact) mass is 600 g/mol. The van der Waals surface area contributed by atoms with Crippen molar-refractivity contribution in [2.24, 2.45) is 0 Å². The summed E-state index contributed by atoms with van der Waals surface area (Å²) in [6, 6.07) is 27.6. The number of carboxylic acid groups (broad SMARTS) is 1. The molecule has 43 heavy (non-hydrogen) atoms. The Morgan fingerprint density at radius 1 is 0.767 bits per heavy atom. The van der Waals surface area contributed by atoms with Crippen LogP contribution in [0.15, 0.2) is 103 Å². The fourth-order valence-electron chi connectivity index (χ4n) is 4.43. The number of carbonyl (C=O) groups is 3. The average molecular weight is 601 g/mol. The Labute approximate surface area is 274 Å². The first kappa shape index (κ1) is 31.8. The van der Waals surface area contributed by atoms with Crippen LogP contribution >= 0.6 is 11.7 Å². The van der Waals surface area contributed by atoms with Gasteiger partial charge in [0.05, 0.1) is 29.9 Å². The number of allylic oxidation sites excluding steroid dienone is 1. The Morgan fingerprint density at radius 3 is 2.09 bits per heavy atom. The number of benzene rings is 4. The zero-order chi connectivity index (χ0) is 29.5. The van der Waals surface area contributed by atoms with Crippen LogP contribution in [-0.2, 0) is 22.6 Å². The SMILES string of the molecule is CCOC(=O)c1ccc(C/C(C(=O)c2ccc(OCc3ccccc3)cc2)=C(\C(=O)[O-])c2ccc3nsnc3c2)cc1.[Na+]. The Bertz CT molecular complexity index is 1770. The molecule has 0 spiro atoms. The average Bonchev–Trinajstić information content (AvgIpc) is 3.49. The van der Waals surface area contributed by atoms with Crippen LogP contribution < -0.4 is 39.4 Å². The fraction of sp³-hybridized carbons (Fsp3) is 0.121. The summed E-state index contributed by atoms with van der Waals surface area (Å²) in [5.74, 6) is -1.87. The molecule has 0 amide bonds. The smallest absolute Gasteiger partial charge is 0.545 e. The van der Waals surface area contributed by atoms with E-state index in [-0.39, 0.29) is 64.9 Å². The van der Waals surface area contributed by atoms with Gasteiger partial charge in [-0.3, -0.25) is 4.79 Å². The van der Waals surface area contributed by atoms with Crippen molar-refractivity contribution >= 4 is 46.1 Å². The summed E-state index contributed by atoms with van der Waals surface area (Å²) in [4.78, 5) is 38.6. The van der Waals surface area contributed by atoms with Crippen molar-refractivity contribution in [3.05, 3.63) is 130 Å². The molecule has 0 atom stereocenters. The molecule has 0 unspecified atom stereocenters. The van der Waals surface area contributed by atoms with E-state index in [0.29, 0.717) is 34.5 Å². The normalized spacial score (nSPS) is 11.3. The van der Waals surface area contributed by atoms with Crippen LogP contribution in [0.2, 0.25) is 0 Å². The maximum absolute atomic E-state index is 13.9. The van der Waals surface area contributed by atoms with Gasteiger partial charge in [0.25, 0.3) is 0 Å². The standard InChI is InChI=1S/C33H26N2O6S.Na/c1-2-40-33(39)24-10-8-21(9-11-24)18-27(30(32(37)38)25-14-17-28-29(19-25)35-42-34-28)31(36)23-12-15-26(16-13-23)41-20-22-6-4-3-5-7-22;/h3-17,19H,2,18,20H2,1H3,(H,37,38);/q;+1/p-1/b30-27+;. The molecule has 0 bridgehead atoms.